The fourth-order valence-corrected chi connectivity index (χ4v) is 2.85. The van der Waals surface area contributed by atoms with Gasteiger partial charge in [-0.25, -0.2) is 0 Å². The van der Waals surface area contributed by atoms with Gasteiger partial charge in [0.05, 0.1) is 30.9 Å². The first-order valence-corrected chi connectivity index (χ1v) is 7.99. The molecule has 0 bridgehead atoms. The van der Waals surface area contributed by atoms with E-state index < -0.39 is 12.1 Å². The van der Waals surface area contributed by atoms with Gasteiger partial charge in [-0.1, -0.05) is 12.1 Å². The van der Waals surface area contributed by atoms with Gasteiger partial charge in [0.2, 0.25) is 5.91 Å². The Morgan fingerprint density at radius 3 is 2.38 bits per heavy atom. The first-order chi connectivity index (χ1) is 11.3. The minimum atomic E-state index is -0.793. The molecule has 24 heavy (non-hydrogen) atoms. The maximum absolute atomic E-state index is 12.5. The molecule has 0 fully saturated rings. The zero-order valence-corrected chi connectivity index (χ0v) is 14.8. The highest BCUT2D eigenvalue weighted by atomic mass is 16.5. The monoisotopic (exact) mass is 331 g/mol. The topological polar surface area (TPSA) is 87.2 Å². The highest BCUT2D eigenvalue weighted by Gasteiger charge is 2.25. The third-order valence-electron chi connectivity index (χ3n) is 4.31. The summed E-state index contributed by atoms with van der Waals surface area (Å²) in [6, 6.07) is 6.74. The summed E-state index contributed by atoms with van der Waals surface area (Å²) in [5, 5.41) is 20.4. The van der Waals surface area contributed by atoms with Crippen molar-refractivity contribution in [2.24, 2.45) is 0 Å². The van der Waals surface area contributed by atoms with E-state index in [0.717, 1.165) is 28.3 Å². The largest absolute Gasteiger partial charge is 0.497 e. The number of aliphatic hydroxyl groups is 1. The van der Waals surface area contributed by atoms with Crippen LogP contribution in [0.15, 0.2) is 24.3 Å². The van der Waals surface area contributed by atoms with E-state index in [4.69, 9.17) is 4.74 Å². The van der Waals surface area contributed by atoms with Crippen molar-refractivity contribution in [1.29, 1.82) is 0 Å². The molecule has 1 amide bonds. The normalized spacial score (nSPS) is 14.8. The number of H-pyrrole nitrogens is 1. The minimum absolute atomic E-state index is 0.136. The number of aromatic nitrogens is 2. The molecular formula is C18H25N3O3. The standard InChI is InChI=1S/C18H25N3O3/c1-10(16-11(2)20-21-12(16)3)18(23)19-13(4)17(22)14-6-8-15(24-5)9-7-14/h6-10,13,17,22H,1-5H3,(H,19,23)(H,20,21)/t10-,13+,17+/m0/s1. The maximum atomic E-state index is 12.5. The molecule has 130 valence electrons. The SMILES string of the molecule is COc1ccc([C@H](O)[C@@H](C)NC(=O)[C@@H](C)c2c(C)n[nH]c2C)cc1. The van der Waals surface area contributed by atoms with Crippen LogP contribution in [-0.2, 0) is 4.79 Å². The molecule has 2 aromatic rings. The van der Waals surface area contributed by atoms with Crippen molar-refractivity contribution in [3.8, 4) is 5.75 Å². The lowest BCUT2D eigenvalue weighted by molar-refractivity contribution is -0.123. The number of hydrogen-bond acceptors (Lipinski definition) is 4. The lowest BCUT2D eigenvalue weighted by atomic mass is 9.97. The second-order valence-corrected chi connectivity index (χ2v) is 6.08. The molecule has 1 heterocycles. The quantitative estimate of drug-likeness (QED) is 0.758. The van der Waals surface area contributed by atoms with E-state index in [2.05, 4.69) is 15.5 Å². The number of methoxy groups -OCH3 is 1. The number of hydrogen-bond donors (Lipinski definition) is 3. The van der Waals surface area contributed by atoms with Crippen LogP contribution in [0, 0.1) is 13.8 Å². The smallest absolute Gasteiger partial charge is 0.227 e. The average molecular weight is 331 g/mol. The molecule has 3 atom stereocenters. The Kier molecular flexibility index (Phi) is 5.62. The number of carbonyl (C=O) groups is 1. The van der Waals surface area contributed by atoms with Crippen LogP contribution < -0.4 is 10.1 Å². The van der Waals surface area contributed by atoms with Gasteiger partial charge in [0.25, 0.3) is 0 Å². The fraction of sp³-hybridized carbons (Fsp3) is 0.444. The Morgan fingerprint density at radius 2 is 1.88 bits per heavy atom. The maximum Gasteiger partial charge on any atom is 0.227 e. The predicted molar refractivity (Wildman–Crippen MR) is 92.0 cm³/mol. The summed E-state index contributed by atoms with van der Waals surface area (Å²) in [5.74, 6) is 0.249. The Hall–Kier alpha value is -2.34. The Balaban J connectivity index is 2.04. The number of aromatic amines is 1. The summed E-state index contributed by atoms with van der Waals surface area (Å²) in [4.78, 5) is 12.5. The number of aryl methyl sites for hydroxylation is 2. The van der Waals surface area contributed by atoms with E-state index in [-0.39, 0.29) is 11.8 Å². The van der Waals surface area contributed by atoms with Crippen molar-refractivity contribution in [3.63, 3.8) is 0 Å². The van der Waals surface area contributed by atoms with Crippen LogP contribution in [0.1, 0.15) is 48.4 Å². The zero-order valence-electron chi connectivity index (χ0n) is 14.8. The summed E-state index contributed by atoms with van der Waals surface area (Å²) < 4.78 is 5.11. The summed E-state index contributed by atoms with van der Waals surface area (Å²) >= 11 is 0. The molecule has 0 aliphatic carbocycles. The Labute approximate surface area is 142 Å². The fourth-order valence-electron chi connectivity index (χ4n) is 2.85. The predicted octanol–water partition coefficient (Wildman–Crippen LogP) is 2.38. The molecular weight excluding hydrogens is 306 g/mol. The van der Waals surface area contributed by atoms with E-state index in [9.17, 15) is 9.90 Å². The van der Waals surface area contributed by atoms with E-state index in [1.54, 1.807) is 38.3 Å². The van der Waals surface area contributed by atoms with E-state index in [0.29, 0.717) is 0 Å². The van der Waals surface area contributed by atoms with Crippen LogP contribution >= 0.6 is 0 Å². The molecule has 0 aliphatic heterocycles. The van der Waals surface area contributed by atoms with Crippen molar-refractivity contribution in [1.82, 2.24) is 15.5 Å². The molecule has 0 radical (unpaired) electrons. The molecule has 2 rings (SSSR count). The van der Waals surface area contributed by atoms with Crippen molar-refractivity contribution in [2.75, 3.05) is 7.11 Å². The van der Waals surface area contributed by atoms with Crippen LogP contribution in [0.3, 0.4) is 0 Å². The summed E-state index contributed by atoms with van der Waals surface area (Å²) in [7, 11) is 1.59. The van der Waals surface area contributed by atoms with Crippen LogP contribution in [0.4, 0.5) is 0 Å². The van der Waals surface area contributed by atoms with Crippen LogP contribution in [0.5, 0.6) is 5.75 Å². The van der Waals surface area contributed by atoms with Crippen molar-refractivity contribution < 1.29 is 14.6 Å². The highest BCUT2D eigenvalue weighted by molar-refractivity contribution is 5.84. The number of nitrogens with one attached hydrogen (secondary N) is 2. The second-order valence-electron chi connectivity index (χ2n) is 6.08. The van der Waals surface area contributed by atoms with Gasteiger partial charge in [0, 0.05) is 11.3 Å². The van der Waals surface area contributed by atoms with E-state index in [1.165, 1.54) is 0 Å². The molecule has 3 N–H and O–H groups in total. The van der Waals surface area contributed by atoms with Gasteiger partial charge in [-0.2, -0.15) is 5.10 Å². The molecule has 0 unspecified atom stereocenters. The third-order valence-corrected chi connectivity index (χ3v) is 4.31. The number of amides is 1. The molecule has 0 spiro atoms. The molecule has 1 aromatic carbocycles. The molecule has 0 saturated heterocycles. The molecule has 6 nitrogen and oxygen atoms in total. The van der Waals surface area contributed by atoms with Gasteiger partial charge in [-0.3, -0.25) is 9.89 Å². The number of benzene rings is 1. The summed E-state index contributed by atoms with van der Waals surface area (Å²) in [6.45, 7) is 7.40. The van der Waals surface area contributed by atoms with Gasteiger partial charge < -0.3 is 15.2 Å². The molecule has 6 heteroatoms. The third kappa shape index (κ3) is 3.76. The summed E-state index contributed by atoms with van der Waals surface area (Å²) in [6.07, 6.45) is -0.793. The van der Waals surface area contributed by atoms with Crippen molar-refractivity contribution in [2.45, 2.75) is 45.8 Å². The number of nitrogens with zero attached hydrogens (tertiary/aromatic N) is 1. The van der Waals surface area contributed by atoms with Gasteiger partial charge in [-0.15, -0.1) is 0 Å². The molecule has 1 aromatic heterocycles. The van der Waals surface area contributed by atoms with Crippen molar-refractivity contribution >= 4 is 5.91 Å². The first kappa shape index (κ1) is 18.0. The van der Waals surface area contributed by atoms with Gasteiger partial charge in [0.1, 0.15) is 5.75 Å². The Bertz CT molecular complexity index is 675. The Morgan fingerprint density at radius 1 is 1.25 bits per heavy atom. The van der Waals surface area contributed by atoms with Crippen LogP contribution in [0.25, 0.3) is 0 Å². The van der Waals surface area contributed by atoms with Gasteiger partial charge in [0.15, 0.2) is 0 Å². The number of carbonyl (C=O) groups excluding carboxylic acids is 1. The van der Waals surface area contributed by atoms with E-state index >= 15 is 0 Å². The summed E-state index contributed by atoms with van der Waals surface area (Å²) in [5.41, 5.74) is 3.34. The lowest BCUT2D eigenvalue weighted by Crippen LogP contribution is -2.39. The van der Waals surface area contributed by atoms with E-state index in [1.807, 2.05) is 20.8 Å². The van der Waals surface area contributed by atoms with Gasteiger partial charge >= 0.3 is 0 Å². The second kappa shape index (κ2) is 7.49. The number of aliphatic hydroxyl groups excluding tert-OH is 1. The minimum Gasteiger partial charge on any atom is -0.497 e. The number of rotatable bonds is 6. The molecule has 0 saturated carbocycles. The van der Waals surface area contributed by atoms with Crippen molar-refractivity contribution in [3.05, 3.63) is 46.8 Å². The van der Waals surface area contributed by atoms with Gasteiger partial charge in [-0.05, 0) is 45.4 Å². The number of ether oxygens (including phenoxy) is 1. The average Bonchev–Trinajstić information content (AvgIpc) is 2.92. The first-order valence-electron chi connectivity index (χ1n) is 7.99. The lowest BCUT2D eigenvalue weighted by Gasteiger charge is -2.23. The highest BCUT2D eigenvalue weighted by Crippen LogP contribution is 2.24. The van der Waals surface area contributed by atoms with Crippen LogP contribution in [-0.4, -0.2) is 34.4 Å². The zero-order chi connectivity index (χ0) is 17.9. The molecule has 0 aliphatic rings. The van der Waals surface area contributed by atoms with Crippen LogP contribution in [0.2, 0.25) is 0 Å².